The van der Waals surface area contributed by atoms with Gasteiger partial charge in [0.2, 0.25) is 0 Å². The molecular formula is C28H20O9. The van der Waals surface area contributed by atoms with Crippen LogP contribution in [0.1, 0.15) is 28.7 Å². The molecule has 9 heteroatoms. The van der Waals surface area contributed by atoms with Crippen molar-refractivity contribution in [3.05, 3.63) is 83.4 Å². The summed E-state index contributed by atoms with van der Waals surface area (Å²) < 4.78 is 12.1. The van der Waals surface area contributed by atoms with Crippen LogP contribution >= 0.6 is 0 Å². The number of ether oxygens (including phenoxy) is 1. The summed E-state index contributed by atoms with van der Waals surface area (Å²) in [5, 5.41) is 72.1. The first-order chi connectivity index (χ1) is 17.7. The van der Waals surface area contributed by atoms with E-state index in [1.165, 1.54) is 60.7 Å². The standard InChI is InChI=1S/C28H20O9/c29-14-1-2-19(21(34)9-14)27-25(13-5-17(32)8-18(33)6-13)26-20-10-23(12-3-15(30)7-16(31)4-12)36-24(20)11-22(35)28(26)37-27/h1-11,25,27,29-35H. The smallest absolute Gasteiger partial charge is 0.166 e. The minimum Gasteiger partial charge on any atom is -0.508 e. The second-order valence-electron chi connectivity index (χ2n) is 8.94. The molecule has 7 N–H and O–H groups in total. The number of phenolic OH excluding ortho intramolecular Hbond substituents is 7. The van der Waals surface area contributed by atoms with Gasteiger partial charge in [-0.15, -0.1) is 0 Å². The lowest BCUT2D eigenvalue weighted by atomic mass is 9.83. The lowest BCUT2D eigenvalue weighted by Gasteiger charge is -2.21. The highest BCUT2D eigenvalue weighted by Gasteiger charge is 2.42. The number of hydrogen-bond acceptors (Lipinski definition) is 9. The fraction of sp³-hybridized carbons (Fsp3) is 0.0714. The summed E-state index contributed by atoms with van der Waals surface area (Å²) in [7, 11) is 0. The van der Waals surface area contributed by atoms with Gasteiger partial charge in [0.25, 0.3) is 0 Å². The first-order valence-electron chi connectivity index (χ1n) is 11.2. The second kappa shape index (κ2) is 7.92. The van der Waals surface area contributed by atoms with E-state index in [9.17, 15) is 35.7 Å². The molecule has 1 aliphatic heterocycles. The molecule has 2 unspecified atom stereocenters. The summed E-state index contributed by atoms with van der Waals surface area (Å²) in [5.41, 5.74) is 1.87. The maximum absolute atomic E-state index is 10.9. The van der Waals surface area contributed by atoms with Gasteiger partial charge in [0.1, 0.15) is 51.9 Å². The summed E-state index contributed by atoms with van der Waals surface area (Å²) in [6, 6.07) is 15.1. The number of fused-ring (bicyclic) bond motifs is 3. The third-order valence-corrected chi connectivity index (χ3v) is 6.45. The van der Waals surface area contributed by atoms with Gasteiger partial charge in [0, 0.05) is 46.3 Å². The van der Waals surface area contributed by atoms with Crippen LogP contribution in [-0.4, -0.2) is 35.7 Å². The first kappa shape index (κ1) is 22.3. The number of phenols is 7. The maximum atomic E-state index is 10.9. The molecule has 5 aromatic rings. The highest BCUT2D eigenvalue weighted by atomic mass is 16.5. The molecule has 1 aliphatic rings. The van der Waals surface area contributed by atoms with E-state index in [0.29, 0.717) is 33.4 Å². The van der Waals surface area contributed by atoms with Gasteiger partial charge in [0.05, 0.1) is 5.92 Å². The topological polar surface area (TPSA) is 164 Å². The third-order valence-electron chi connectivity index (χ3n) is 6.45. The first-order valence-corrected chi connectivity index (χ1v) is 11.2. The zero-order valence-electron chi connectivity index (χ0n) is 19.0. The highest BCUT2D eigenvalue weighted by Crippen LogP contribution is 2.58. The third kappa shape index (κ3) is 3.64. The van der Waals surface area contributed by atoms with Crippen LogP contribution in [0.3, 0.4) is 0 Å². The largest absolute Gasteiger partial charge is 0.508 e. The van der Waals surface area contributed by atoms with Gasteiger partial charge in [-0.3, -0.25) is 0 Å². The van der Waals surface area contributed by atoms with Crippen LogP contribution in [-0.2, 0) is 0 Å². The molecule has 1 aromatic heterocycles. The van der Waals surface area contributed by atoms with Gasteiger partial charge in [-0.1, -0.05) is 0 Å². The minimum absolute atomic E-state index is 0.115. The molecule has 186 valence electrons. The van der Waals surface area contributed by atoms with Crippen LogP contribution in [0, 0.1) is 0 Å². The molecule has 6 rings (SSSR count). The number of hydrogen-bond donors (Lipinski definition) is 7. The molecule has 37 heavy (non-hydrogen) atoms. The van der Waals surface area contributed by atoms with Crippen molar-refractivity contribution < 1.29 is 44.9 Å². The summed E-state index contributed by atoms with van der Waals surface area (Å²) in [6.45, 7) is 0. The number of rotatable bonds is 3. The van der Waals surface area contributed by atoms with Crippen LogP contribution in [0.15, 0.2) is 71.1 Å². The minimum atomic E-state index is -0.920. The van der Waals surface area contributed by atoms with Crippen LogP contribution < -0.4 is 4.74 Å². The molecule has 2 atom stereocenters. The molecule has 4 aromatic carbocycles. The Labute approximate surface area is 208 Å². The molecular weight excluding hydrogens is 480 g/mol. The fourth-order valence-corrected chi connectivity index (χ4v) is 4.99. The predicted molar refractivity (Wildman–Crippen MR) is 131 cm³/mol. The van der Waals surface area contributed by atoms with E-state index in [1.54, 1.807) is 6.07 Å². The number of benzene rings is 4. The Morgan fingerprint density at radius 3 is 1.89 bits per heavy atom. The van der Waals surface area contributed by atoms with Gasteiger partial charge in [-0.05, 0) is 48.0 Å². The normalized spacial score (nSPS) is 16.5. The van der Waals surface area contributed by atoms with E-state index >= 15 is 0 Å². The zero-order chi connectivity index (χ0) is 26.0. The molecule has 0 amide bonds. The van der Waals surface area contributed by atoms with E-state index in [-0.39, 0.29) is 51.6 Å². The van der Waals surface area contributed by atoms with Crippen molar-refractivity contribution in [2.75, 3.05) is 0 Å². The predicted octanol–water partition coefficient (Wildman–Crippen LogP) is 5.30. The van der Waals surface area contributed by atoms with Gasteiger partial charge in [-0.2, -0.15) is 0 Å². The molecule has 0 radical (unpaired) electrons. The van der Waals surface area contributed by atoms with E-state index in [2.05, 4.69) is 0 Å². The van der Waals surface area contributed by atoms with Crippen LogP contribution in [0.5, 0.6) is 46.0 Å². The van der Waals surface area contributed by atoms with Crippen molar-refractivity contribution in [3.8, 4) is 57.3 Å². The SMILES string of the molecule is Oc1cc(O)cc(-c2cc3c4c(c(O)cc3o2)OC(c2ccc(O)cc2O)C4c2cc(O)cc(O)c2)c1. The van der Waals surface area contributed by atoms with Crippen molar-refractivity contribution in [1.82, 2.24) is 0 Å². The van der Waals surface area contributed by atoms with E-state index < -0.39 is 12.0 Å². The Kier molecular flexibility index (Phi) is 4.77. The molecule has 0 saturated heterocycles. The zero-order valence-corrected chi connectivity index (χ0v) is 19.0. The molecule has 0 bridgehead atoms. The Morgan fingerprint density at radius 2 is 1.24 bits per heavy atom. The molecule has 0 aliphatic carbocycles. The van der Waals surface area contributed by atoms with E-state index in [4.69, 9.17) is 9.15 Å². The summed E-state index contributed by atoms with van der Waals surface area (Å²) >= 11 is 0. The quantitative estimate of drug-likeness (QED) is 0.174. The van der Waals surface area contributed by atoms with Gasteiger partial charge >= 0.3 is 0 Å². The van der Waals surface area contributed by atoms with Gasteiger partial charge in [-0.25, -0.2) is 0 Å². The number of furan rings is 1. The average Bonchev–Trinajstić information content (AvgIpc) is 3.40. The van der Waals surface area contributed by atoms with Crippen molar-refractivity contribution in [1.29, 1.82) is 0 Å². The highest BCUT2D eigenvalue weighted by molar-refractivity contribution is 5.92. The van der Waals surface area contributed by atoms with Crippen molar-refractivity contribution in [3.63, 3.8) is 0 Å². The monoisotopic (exact) mass is 500 g/mol. The Hall–Kier alpha value is -5.18. The molecule has 0 fully saturated rings. The van der Waals surface area contributed by atoms with Gasteiger partial charge < -0.3 is 44.9 Å². The summed E-state index contributed by atoms with van der Waals surface area (Å²) in [4.78, 5) is 0. The second-order valence-corrected chi connectivity index (χ2v) is 8.94. The van der Waals surface area contributed by atoms with Gasteiger partial charge in [0.15, 0.2) is 11.5 Å². The van der Waals surface area contributed by atoms with Crippen LogP contribution in [0.25, 0.3) is 22.3 Å². The van der Waals surface area contributed by atoms with Crippen molar-refractivity contribution in [2.24, 2.45) is 0 Å². The Balaban J connectivity index is 1.62. The molecule has 2 heterocycles. The van der Waals surface area contributed by atoms with Crippen LogP contribution in [0.4, 0.5) is 0 Å². The lowest BCUT2D eigenvalue weighted by Crippen LogP contribution is -2.11. The molecule has 0 spiro atoms. The summed E-state index contributed by atoms with van der Waals surface area (Å²) in [5.74, 6) is -1.70. The molecule has 0 saturated carbocycles. The van der Waals surface area contributed by atoms with Crippen molar-refractivity contribution >= 4 is 11.0 Å². The Morgan fingerprint density at radius 1 is 0.595 bits per heavy atom. The van der Waals surface area contributed by atoms with E-state index in [0.717, 1.165) is 0 Å². The number of aromatic hydroxyl groups is 7. The Bertz CT molecular complexity index is 1660. The lowest BCUT2D eigenvalue weighted by molar-refractivity contribution is 0.210. The van der Waals surface area contributed by atoms with Crippen LogP contribution in [0.2, 0.25) is 0 Å². The summed E-state index contributed by atoms with van der Waals surface area (Å²) in [6.07, 6.45) is -0.920. The molecule has 9 nitrogen and oxygen atoms in total. The maximum Gasteiger partial charge on any atom is 0.166 e. The average molecular weight is 500 g/mol. The fourth-order valence-electron chi connectivity index (χ4n) is 4.99. The van der Waals surface area contributed by atoms with Crippen molar-refractivity contribution in [2.45, 2.75) is 12.0 Å². The van der Waals surface area contributed by atoms with E-state index in [1.807, 2.05) is 0 Å².